The molecule has 1 aromatic rings. The molecule has 6 N–H and O–H groups in total. The fraction of sp³-hybridized carbons (Fsp3) is 0.333. The number of imidazole rings is 1. The molecule has 0 radical (unpaired) electrons. The highest BCUT2D eigenvalue weighted by atomic mass is 35.5. The molecule has 6 nitrogen and oxygen atoms in total. The Balaban J connectivity index is 0. The molecule has 1 heterocycles. The van der Waals surface area contributed by atoms with Crippen LogP contribution < -0.4 is 5.73 Å². The van der Waals surface area contributed by atoms with Gasteiger partial charge in [0, 0.05) is 6.42 Å². The molecular formula is C6H12ClN3O3S. The molecule has 14 heavy (non-hydrogen) atoms. The zero-order chi connectivity index (χ0) is 9.14. The summed E-state index contributed by atoms with van der Waals surface area (Å²) < 4.78 is 0. The molecule has 0 aliphatic rings. The van der Waals surface area contributed by atoms with Crippen molar-refractivity contribution in [2.45, 2.75) is 17.5 Å². The van der Waals surface area contributed by atoms with Gasteiger partial charge in [0.2, 0.25) is 0 Å². The summed E-state index contributed by atoms with van der Waals surface area (Å²) in [4.78, 5) is 16.9. The second-order valence-electron chi connectivity index (χ2n) is 2.35. The number of nitrogens with zero attached hydrogens (tertiary/aromatic N) is 1. The van der Waals surface area contributed by atoms with E-state index in [1.165, 1.54) is 6.33 Å². The Morgan fingerprint density at radius 1 is 1.79 bits per heavy atom. The third-order valence-corrected chi connectivity index (χ3v) is 1.82. The molecule has 0 bridgehead atoms. The number of hydrogen-bond donors (Lipinski definition) is 4. The van der Waals surface area contributed by atoms with Crippen molar-refractivity contribution in [3.8, 4) is 0 Å². The fourth-order valence-electron chi connectivity index (χ4n) is 0.771. The van der Waals surface area contributed by atoms with E-state index in [0.29, 0.717) is 10.7 Å². The molecule has 8 heteroatoms. The molecule has 0 aliphatic heterocycles. The maximum absolute atomic E-state index is 10.4. The second kappa shape index (κ2) is 6.66. The zero-order valence-corrected chi connectivity index (χ0v) is 8.81. The predicted molar refractivity (Wildman–Crippen MR) is 56.0 cm³/mol. The van der Waals surface area contributed by atoms with Crippen molar-refractivity contribution in [3.05, 3.63) is 12.0 Å². The number of aromatic amines is 1. The van der Waals surface area contributed by atoms with Crippen molar-refractivity contribution in [1.29, 1.82) is 0 Å². The lowest BCUT2D eigenvalue weighted by Crippen LogP contribution is -2.32. The standard InChI is InChI=1S/C6H9N3O2S.ClH.H2O/c7-3(6(10)11)1-4-5(12)9-2-8-4;;/h2-3,12H,1,7H2,(H,8,9)(H,10,11);1H;1H2/t3-;;/m0../s1. The summed E-state index contributed by atoms with van der Waals surface area (Å²) >= 11 is 4.00. The van der Waals surface area contributed by atoms with Gasteiger partial charge >= 0.3 is 5.97 Å². The minimum Gasteiger partial charge on any atom is -0.480 e. The van der Waals surface area contributed by atoms with Crippen LogP contribution in [0.3, 0.4) is 0 Å². The molecule has 0 fully saturated rings. The number of aromatic nitrogens is 2. The van der Waals surface area contributed by atoms with E-state index >= 15 is 0 Å². The fourth-order valence-corrected chi connectivity index (χ4v) is 0.985. The number of aliphatic carboxylic acids is 1. The topological polar surface area (TPSA) is 124 Å². The van der Waals surface area contributed by atoms with Crippen LogP contribution in [0.15, 0.2) is 11.4 Å². The highest BCUT2D eigenvalue weighted by Gasteiger charge is 2.14. The molecule has 0 amide bonds. The van der Waals surface area contributed by atoms with E-state index in [1.54, 1.807) is 0 Å². The van der Waals surface area contributed by atoms with Gasteiger partial charge in [-0.2, -0.15) is 0 Å². The molecule has 1 atom stereocenters. The number of H-pyrrole nitrogens is 1. The van der Waals surface area contributed by atoms with Gasteiger partial charge in [-0.05, 0) is 0 Å². The van der Waals surface area contributed by atoms with Crippen LogP contribution in [0.4, 0.5) is 0 Å². The van der Waals surface area contributed by atoms with Crippen LogP contribution in [-0.2, 0) is 11.2 Å². The average Bonchev–Trinajstić information content (AvgIpc) is 2.36. The SMILES string of the molecule is Cl.N[C@@H](Cc1[nH]cnc1S)C(=O)O.O. The highest BCUT2D eigenvalue weighted by Crippen LogP contribution is 2.08. The van der Waals surface area contributed by atoms with Gasteiger partial charge in [-0.15, -0.1) is 25.0 Å². The first-order valence-corrected chi connectivity index (χ1v) is 3.75. The Bertz CT molecular complexity index is 294. The summed E-state index contributed by atoms with van der Waals surface area (Å²) in [6.45, 7) is 0. The summed E-state index contributed by atoms with van der Waals surface area (Å²) in [5.41, 5.74) is 5.94. The van der Waals surface area contributed by atoms with E-state index in [1.807, 2.05) is 0 Å². The average molecular weight is 242 g/mol. The summed E-state index contributed by atoms with van der Waals surface area (Å²) in [6.07, 6.45) is 1.67. The Morgan fingerprint density at radius 2 is 2.36 bits per heavy atom. The number of nitrogens with one attached hydrogen (secondary N) is 1. The van der Waals surface area contributed by atoms with Crippen molar-refractivity contribution < 1.29 is 15.4 Å². The van der Waals surface area contributed by atoms with Crippen LogP contribution in [0.1, 0.15) is 5.69 Å². The lowest BCUT2D eigenvalue weighted by atomic mass is 10.2. The monoisotopic (exact) mass is 241 g/mol. The first-order valence-electron chi connectivity index (χ1n) is 3.31. The Labute approximate surface area is 92.0 Å². The number of thiol groups is 1. The van der Waals surface area contributed by atoms with Gasteiger partial charge in [0.05, 0.1) is 12.0 Å². The number of nitrogens with two attached hydrogens (primary N) is 1. The van der Waals surface area contributed by atoms with Crippen LogP contribution in [0.25, 0.3) is 0 Å². The summed E-state index contributed by atoms with van der Waals surface area (Å²) in [5, 5.41) is 8.98. The number of carboxylic acid groups (broad SMARTS) is 1. The molecule has 0 unspecified atom stereocenters. The third kappa shape index (κ3) is 3.97. The van der Waals surface area contributed by atoms with Crippen molar-refractivity contribution in [1.82, 2.24) is 9.97 Å². The normalized spacial score (nSPS) is 11.0. The Hall–Kier alpha value is -0.760. The van der Waals surface area contributed by atoms with Gasteiger partial charge in [0.1, 0.15) is 11.1 Å². The third-order valence-electron chi connectivity index (χ3n) is 1.44. The number of hydrogen-bond acceptors (Lipinski definition) is 4. The minimum atomic E-state index is -1.03. The molecule has 82 valence electrons. The molecule has 0 saturated heterocycles. The van der Waals surface area contributed by atoms with E-state index < -0.39 is 12.0 Å². The Kier molecular flexibility index (Phi) is 7.47. The van der Waals surface area contributed by atoms with Crippen LogP contribution in [0, 0.1) is 0 Å². The first-order chi connectivity index (χ1) is 5.61. The lowest BCUT2D eigenvalue weighted by molar-refractivity contribution is -0.138. The van der Waals surface area contributed by atoms with E-state index in [4.69, 9.17) is 10.8 Å². The summed E-state index contributed by atoms with van der Waals surface area (Å²) in [5.74, 6) is -1.03. The van der Waals surface area contributed by atoms with Gasteiger partial charge in [0.15, 0.2) is 0 Å². The summed E-state index contributed by atoms with van der Waals surface area (Å²) in [7, 11) is 0. The maximum atomic E-state index is 10.4. The number of halogens is 1. The zero-order valence-electron chi connectivity index (χ0n) is 7.10. The van der Waals surface area contributed by atoms with Crippen molar-refractivity contribution in [2.75, 3.05) is 0 Å². The van der Waals surface area contributed by atoms with E-state index in [-0.39, 0.29) is 24.3 Å². The molecule has 1 rings (SSSR count). The van der Waals surface area contributed by atoms with E-state index in [0.717, 1.165) is 0 Å². The van der Waals surface area contributed by atoms with E-state index in [2.05, 4.69) is 22.6 Å². The van der Waals surface area contributed by atoms with Crippen LogP contribution in [0.2, 0.25) is 0 Å². The molecule has 0 aliphatic carbocycles. The number of carboxylic acids is 1. The highest BCUT2D eigenvalue weighted by molar-refractivity contribution is 7.80. The molecule has 1 aromatic heterocycles. The summed E-state index contributed by atoms with van der Waals surface area (Å²) in [6, 6.07) is -0.906. The van der Waals surface area contributed by atoms with Crippen LogP contribution >= 0.6 is 25.0 Å². The van der Waals surface area contributed by atoms with Crippen molar-refractivity contribution >= 4 is 31.0 Å². The minimum absolute atomic E-state index is 0. The predicted octanol–water partition coefficient (Wildman–Crippen LogP) is -0.750. The van der Waals surface area contributed by atoms with Crippen LogP contribution in [0.5, 0.6) is 0 Å². The second-order valence-corrected chi connectivity index (χ2v) is 2.78. The van der Waals surface area contributed by atoms with Gasteiger partial charge in [0.25, 0.3) is 0 Å². The quantitative estimate of drug-likeness (QED) is 0.520. The Morgan fingerprint density at radius 3 is 2.71 bits per heavy atom. The van der Waals surface area contributed by atoms with Gasteiger partial charge < -0.3 is 21.3 Å². The molecule has 0 saturated carbocycles. The van der Waals surface area contributed by atoms with Gasteiger partial charge in [-0.1, -0.05) is 0 Å². The van der Waals surface area contributed by atoms with Gasteiger partial charge in [-0.25, -0.2) is 4.98 Å². The number of rotatable bonds is 3. The smallest absolute Gasteiger partial charge is 0.320 e. The maximum Gasteiger partial charge on any atom is 0.320 e. The molecule has 0 spiro atoms. The molecule has 0 aromatic carbocycles. The lowest BCUT2D eigenvalue weighted by Gasteiger charge is -2.03. The van der Waals surface area contributed by atoms with Crippen molar-refractivity contribution in [2.24, 2.45) is 5.73 Å². The van der Waals surface area contributed by atoms with Crippen LogP contribution in [-0.4, -0.2) is 32.6 Å². The largest absolute Gasteiger partial charge is 0.480 e. The van der Waals surface area contributed by atoms with Crippen molar-refractivity contribution in [3.63, 3.8) is 0 Å². The number of carbonyl (C=O) groups is 1. The van der Waals surface area contributed by atoms with Gasteiger partial charge in [-0.3, -0.25) is 4.79 Å². The van der Waals surface area contributed by atoms with E-state index in [9.17, 15) is 4.79 Å². The first kappa shape index (κ1) is 15.7. The molecular weight excluding hydrogens is 230 g/mol.